The van der Waals surface area contributed by atoms with Gasteiger partial charge in [0, 0.05) is 31.0 Å². The number of hydrogen-bond acceptors (Lipinski definition) is 4. The van der Waals surface area contributed by atoms with Gasteiger partial charge in [0.25, 0.3) is 0 Å². The highest BCUT2D eigenvalue weighted by Gasteiger charge is 2.40. The number of fused-ring (bicyclic) bond motifs is 1. The van der Waals surface area contributed by atoms with Crippen LogP contribution < -0.4 is 10.1 Å². The van der Waals surface area contributed by atoms with Gasteiger partial charge in [-0.3, -0.25) is 4.79 Å². The highest BCUT2D eigenvalue weighted by molar-refractivity contribution is 7.88. The minimum atomic E-state index is -3.39. The first-order valence-electron chi connectivity index (χ1n) is 12.0. The van der Waals surface area contributed by atoms with E-state index in [0.717, 1.165) is 36.1 Å². The molecule has 0 bridgehead atoms. The number of nitrogens with zero attached hydrogens (tertiary/aromatic N) is 1. The number of amides is 1. The van der Waals surface area contributed by atoms with Crippen molar-refractivity contribution < 1.29 is 17.9 Å². The molecule has 1 saturated heterocycles. The summed E-state index contributed by atoms with van der Waals surface area (Å²) in [6, 6.07) is 17.1. The Morgan fingerprint density at radius 2 is 1.67 bits per heavy atom. The molecule has 6 nitrogen and oxygen atoms in total. The predicted octanol–water partition coefficient (Wildman–Crippen LogP) is 4.43. The monoisotopic (exact) mass is 470 g/mol. The van der Waals surface area contributed by atoms with Crippen LogP contribution in [0.25, 0.3) is 0 Å². The van der Waals surface area contributed by atoms with Gasteiger partial charge in [-0.2, -0.15) is 0 Å². The first-order chi connectivity index (χ1) is 15.9. The highest BCUT2D eigenvalue weighted by Crippen LogP contribution is 2.42. The second-order valence-corrected chi connectivity index (χ2v) is 11.2. The molecule has 1 atom stereocenters. The molecule has 0 spiro atoms. The van der Waals surface area contributed by atoms with Crippen molar-refractivity contribution >= 4 is 15.9 Å². The molecule has 1 fully saturated rings. The Bertz CT molecular complexity index is 1060. The van der Waals surface area contributed by atoms with Crippen molar-refractivity contribution in [2.45, 2.75) is 63.3 Å². The number of nitrogens with one attached hydrogen (secondary N) is 1. The van der Waals surface area contributed by atoms with Crippen molar-refractivity contribution in [2.75, 3.05) is 13.1 Å². The fraction of sp³-hybridized carbons (Fsp3) is 0.500. The third-order valence-corrected chi connectivity index (χ3v) is 9.06. The summed E-state index contributed by atoms with van der Waals surface area (Å²) < 4.78 is 33.6. The molecule has 178 valence electrons. The van der Waals surface area contributed by atoms with Crippen LogP contribution in [-0.2, 0) is 20.6 Å². The van der Waals surface area contributed by atoms with Crippen LogP contribution >= 0.6 is 0 Å². The number of sulfonamides is 1. The van der Waals surface area contributed by atoms with Gasteiger partial charge in [-0.25, -0.2) is 12.7 Å². The largest absolute Gasteiger partial charge is 0.487 e. The molecule has 0 radical (unpaired) electrons. The van der Waals surface area contributed by atoms with Gasteiger partial charge in [0.15, 0.2) is 0 Å². The summed E-state index contributed by atoms with van der Waals surface area (Å²) in [7, 11) is -3.39. The van der Waals surface area contributed by atoms with Crippen LogP contribution in [0.3, 0.4) is 0 Å². The standard InChI is InChI=1S/C26H34N2O4S/c1-3-26(4-2)18-23(22-12-8-9-13-24(22)32-26)27-25(29)21-14-16-28(17-15-21)33(30,31)19-20-10-6-5-7-11-20/h5-13,21,23H,3-4,14-19H2,1-2H3,(H,27,29)/t23-/m0/s1. The third kappa shape index (κ3) is 5.25. The summed E-state index contributed by atoms with van der Waals surface area (Å²) in [5.74, 6) is 0.679. The maximum atomic E-state index is 13.2. The fourth-order valence-electron chi connectivity index (χ4n) is 4.99. The Labute approximate surface area is 197 Å². The third-order valence-electron chi connectivity index (χ3n) is 7.21. The lowest BCUT2D eigenvalue weighted by Gasteiger charge is -2.42. The van der Waals surface area contributed by atoms with Crippen molar-refractivity contribution in [3.8, 4) is 5.75 Å². The highest BCUT2D eigenvalue weighted by atomic mass is 32.2. The van der Waals surface area contributed by atoms with E-state index in [1.54, 1.807) is 0 Å². The van der Waals surface area contributed by atoms with Crippen LogP contribution in [0.15, 0.2) is 54.6 Å². The lowest BCUT2D eigenvalue weighted by atomic mass is 9.83. The molecule has 7 heteroatoms. The van der Waals surface area contributed by atoms with Crippen LogP contribution in [0.1, 0.15) is 63.1 Å². The zero-order chi connectivity index (χ0) is 23.5. The van der Waals surface area contributed by atoms with Crippen LogP contribution in [0.5, 0.6) is 5.75 Å². The van der Waals surface area contributed by atoms with Crippen molar-refractivity contribution in [1.29, 1.82) is 0 Å². The molecule has 0 saturated carbocycles. The van der Waals surface area contributed by atoms with Gasteiger partial charge >= 0.3 is 0 Å². The molecule has 0 aromatic heterocycles. The van der Waals surface area contributed by atoms with Gasteiger partial charge in [-0.05, 0) is 37.3 Å². The Hall–Kier alpha value is -2.38. The van der Waals surface area contributed by atoms with Gasteiger partial charge in [-0.15, -0.1) is 0 Å². The van der Waals surface area contributed by atoms with Gasteiger partial charge in [-0.1, -0.05) is 62.4 Å². The number of ether oxygens (including phenoxy) is 1. The van der Waals surface area contributed by atoms with E-state index >= 15 is 0 Å². The molecule has 0 aliphatic carbocycles. The molecule has 1 amide bonds. The molecule has 0 unspecified atom stereocenters. The van der Waals surface area contributed by atoms with E-state index in [1.165, 1.54) is 4.31 Å². The molecule has 2 aromatic carbocycles. The van der Waals surface area contributed by atoms with Gasteiger partial charge in [0.1, 0.15) is 11.4 Å². The Morgan fingerprint density at radius 3 is 2.33 bits per heavy atom. The Balaban J connectivity index is 1.39. The lowest BCUT2D eigenvalue weighted by Crippen LogP contribution is -2.47. The number of carbonyl (C=O) groups is 1. The quantitative estimate of drug-likeness (QED) is 0.650. The van der Waals surface area contributed by atoms with E-state index in [2.05, 4.69) is 19.2 Å². The van der Waals surface area contributed by atoms with Crippen molar-refractivity contribution in [3.05, 3.63) is 65.7 Å². The number of carbonyl (C=O) groups excluding carboxylic acids is 1. The predicted molar refractivity (Wildman–Crippen MR) is 129 cm³/mol. The average Bonchev–Trinajstić information content (AvgIpc) is 2.84. The summed E-state index contributed by atoms with van der Waals surface area (Å²) in [5.41, 5.74) is 1.53. The van der Waals surface area contributed by atoms with E-state index < -0.39 is 10.0 Å². The van der Waals surface area contributed by atoms with Crippen LogP contribution in [-0.4, -0.2) is 37.3 Å². The Kier molecular flexibility index (Phi) is 7.10. The lowest BCUT2D eigenvalue weighted by molar-refractivity contribution is -0.127. The molecule has 2 aliphatic rings. The van der Waals surface area contributed by atoms with E-state index in [-0.39, 0.29) is 29.2 Å². The molecule has 2 aliphatic heterocycles. The summed E-state index contributed by atoms with van der Waals surface area (Å²) in [6.45, 7) is 5.01. The molecule has 33 heavy (non-hydrogen) atoms. The SMILES string of the molecule is CCC1(CC)C[C@H](NC(=O)C2CCN(S(=O)(=O)Cc3ccccc3)CC2)c2ccccc2O1. The molecule has 4 rings (SSSR count). The summed E-state index contributed by atoms with van der Waals surface area (Å²) >= 11 is 0. The zero-order valence-electron chi connectivity index (χ0n) is 19.5. The minimum Gasteiger partial charge on any atom is -0.487 e. The van der Waals surface area contributed by atoms with E-state index in [9.17, 15) is 13.2 Å². The average molecular weight is 471 g/mol. The number of piperidine rings is 1. The van der Waals surface area contributed by atoms with Crippen molar-refractivity contribution in [1.82, 2.24) is 9.62 Å². The van der Waals surface area contributed by atoms with Crippen LogP contribution in [0.2, 0.25) is 0 Å². The number of para-hydroxylation sites is 1. The molecule has 2 aromatic rings. The van der Waals surface area contributed by atoms with Gasteiger partial charge in [0.05, 0.1) is 11.8 Å². The van der Waals surface area contributed by atoms with E-state index in [4.69, 9.17) is 4.74 Å². The first kappa shape index (κ1) is 23.8. The second-order valence-electron chi connectivity index (χ2n) is 9.21. The summed E-state index contributed by atoms with van der Waals surface area (Å²) in [4.78, 5) is 13.2. The maximum absolute atomic E-state index is 13.2. The number of rotatable bonds is 7. The summed E-state index contributed by atoms with van der Waals surface area (Å²) in [6.07, 6.45) is 3.58. The zero-order valence-corrected chi connectivity index (χ0v) is 20.3. The summed E-state index contributed by atoms with van der Waals surface area (Å²) in [5, 5.41) is 3.27. The number of benzene rings is 2. The van der Waals surface area contributed by atoms with Crippen molar-refractivity contribution in [2.24, 2.45) is 5.92 Å². The first-order valence-corrected chi connectivity index (χ1v) is 13.6. The normalized spacial score (nSPS) is 21.1. The van der Waals surface area contributed by atoms with Crippen LogP contribution in [0, 0.1) is 5.92 Å². The molecule has 1 N–H and O–H groups in total. The van der Waals surface area contributed by atoms with Gasteiger partial charge < -0.3 is 10.1 Å². The van der Waals surface area contributed by atoms with E-state index in [1.807, 2.05) is 54.6 Å². The topological polar surface area (TPSA) is 75.7 Å². The van der Waals surface area contributed by atoms with Crippen LogP contribution in [0.4, 0.5) is 0 Å². The van der Waals surface area contributed by atoms with E-state index in [0.29, 0.717) is 25.9 Å². The molecular formula is C26H34N2O4S. The molecule has 2 heterocycles. The number of hydrogen-bond donors (Lipinski definition) is 1. The minimum absolute atomic E-state index is 0.000318. The maximum Gasteiger partial charge on any atom is 0.223 e. The smallest absolute Gasteiger partial charge is 0.223 e. The fourth-order valence-corrected chi connectivity index (χ4v) is 6.56. The second kappa shape index (κ2) is 9.85. The van der Waals surface area contributed by atoms with Crippen molar-refractivity contribution in [3.63, 3.8) is 0 Å². The van der Waals surface area contributed by atoms with Gasteiger partial charge in [0.2, 0.25) is 15.9 Å². The Morgan fingerprint density at radius 1 is 1.03 bits per heavy atom. The molecular weight excluding hydrogens is 436 g/mol.